The van der Waals surface area contributed by atoms with Gasteiger partial charge in [0.2, 0.25) is 35.4 Å². The van der Waals surface area contributed by atoms with Crippen molar-refractivity contribution < 1.29 is 33.9 Å². The lowest BCUT2D eigenvalue weighted by Gasteiger charge is -2.27. The summed E-state index contributed by atoms with van der Waals surface area (Å²) >= 11 is 0. The zero-order valence-electron chi connectivity index (χ0n) is 27.6. The number of amides is 6. The molecule has 0 spiro atoms. The molecule has 16 nitrogen and oxygen atoms in total. The SMILES string of the molecule is CCCC[C@H](NC(=O)CNC(C)=O)C(=O)N[C@@H](CCCNC(=N)N)C(=O)N[C@@H](CC(C)C)C(=O)N[C@@H](Cc1ccc(O)cc1)C(N)=O. The van der Waals surface area contributed by atoms with E-state index >= 15 is 0 Å². The molecule has 0 aromatic heterocycles. The second kappa shape index (κ2) is 21.0. The zero-order chi connectivity index (χ0) is 35.5. The van der Waals surface area contributed by atoms with E-state index in [0.717, 1.165) is 6.42 Å². The van der Waals surface area contributed by atoms with Crippen LogP contribution >= 0.6 is 0 Å². The fourth-order valence-corrected chi connectivity index (χ4v) is 4.54. The van der Waals surface area contributed by atoms with Crippen molar-refractivity contribution in [2.45, 2.75) is 96.8 Å². The van der Waals surface area contributed by atoms with Crippen LogP contribution in [0.1, 0.15) is 71.8 Å². The summed E-state index contributed by atoms with van der Waals surface area (Å²) in [5.74, 6) is -4.00. The summed E-state index contributed by atoms with van der Waals surface area (Å²) in [4.78, 5) is 76.3. The Morgan fingerprint density at radius 3 is 1.85 bits per heavy atom. The molecule has 0 saturated carbocycles. The van der Waals surface area contributed by atoms with Crippen LogP contribution in [-0.4, -0.2) is 83.8 Å². The van der Waals surface area contributed by atoms with Crippen molar-refractivity contribution in [2.24, 2.45) is 17.4 Å². The largest absolute Gasteiger partial charge is 0.508 e. The van der Waals surface area contributed by atoms with Crippen LogP contribution < -0.4 is 43.4 Å². The van der Waals surface area contributed by atoms with E-state index in [1.165, 1.54) is 19.1 Å². The molecule has 0 aliphatic carbocycles. The molecular weight excluding hydrogens is 610 g/mol. The minimum atomic E-state index is -1.14. The maximum atomic E-state index is 13.6. The van der Waals surface area contributed by atoms with Crippen LogP contribution in [0.15, 0.2) is 24.3 Å². The number of carbonyl (C=O) groups excluding carboxylic acids is 6. The summed E-state index contributed by atoms with van der Waals surface area (Å²) in [5, 5.41) is 32.5. The number of rotatable bonds is 21. The Morgan fingerprint density at radius 2 is 1.32 bits per heavy atom. The Morgan fingerprint density at radius 1 is 0.787 bits per heavy atom. The molecule has 6 amide bonds. The Labute approximate surface area is 275 Å². The number of hydrogen-bond donors (Lipinski definition) is 10. The van der Waals surface area contributed by atoms with Crippen molar-refractivity contribution in [3.05, 3.63) is 29.8 Å². The molecule has 1 aromatic carbocycles. The van der Waals surface area contributed by atoms with Crippen molar-refractivity contribution >= 4 is 41.4 Å². The molecule has 0 heterocycles. The Hall–Kier alpha value is -4.89. The Kier molecular flexibility index (Phi) is 17.9. The molecule has 0 aliphatic heterocycles. The number of nitrogens with two attached hydrogens (primary N) is 2. The standard InChI is InChI=1S/C31H51N9O7/c1-5-6-8-22(37-26(43)17-36-19(4)41)28(45)38-23(9-7-14-35-31(33)34)29(46)40-25(15-18(2)3)30(47)39-24(27(32)44)16-20-10-12-21(42)13-11-20/h10-13,18,22-25,42H,5-9,14-17H2,1-4H3,(H2,32,44)(H,36,41)(H,37,43)(H,38,45)(H,39,47)(H,40,46)(H4,33,34,35)/t22-,23-,24-,25-/m0/s1. The summed E-state index contributed by atoms with van der Waals surface area (Å²) in [6, 6.07) is 1.74. The van der Waals surface area contributed by atoms with Crippen molar-refractivity contribution in [1.29, 1.82) is 5.41 Å². The van der Waals surface area contributed by atoms with E-state index < -0.39 is 59.6 Å². The van der Waals surface area contributed by atoms with Gasteiger partial charge in [0.15, 0.2) is 5.96 Å². The van der Waals surface area contributed by atoms with Gasteiger partial charge in [-0.25, -0.2) is 0 Å². The molecule has 0 aliphatic rings. The fraction of sp³-hybridized carbons (Fsp3) is 0.581. The van der Waals surface area contributed by atoms with E-state index in [1.807, 2.05) is 20.8 Å². The molecule has 16 heteroatoms. The lowest BCUT2D eigenvalue weighted by Crippen LogP contribution is -2.58. The summed E-state index contributed by atoms with van der Waals surface area (Å²) in [6.07, 6.45) is 2.27. The minimum Gasteiger partial charge on any atom is -0.508 e. The van der Waals surface area contributed by atoms with Crippen LogP contribution in [0.5, 0.6) is 5.75 Å². The highest BCUT2D eigenvalue weighted by molar-refractivity contribution is 5.95. The van der Waals surface area contributed by atoms with Gasteiger partial charge < -0.3 is 48.5 Å². The van der Waals surface area contributed by atoms with Gasteiger partial charge in [0.05, 0.1) is 6.54 Å². The third-order valence-electron chi connectivity index (χ3n) is 6.99. The lowest BCUT2D eigenvalue weighted by atomic mass is 10.00. The Balaban J connectivity index is 3.17. The third kappa shape index (κ3) is 16.8. The van der Waals surface area contributed by atoms with Gasteiger partial charge in [-0.2, -0.15) is 0 Å². The number of nitrogens with one attached hydrogen (secondary N) is 7. The van der Waals surface area contributed by atoms with E-state index in [4.69, 9.17) is 16.9 Å². The number of benzene rings is 1. The van der Waals surface area contributed by atoms with Gasteiger partial charge in [-0.3, -0.25) is 34.2 Å². The van der Waals surface area contributed by atoms with E-state index in [9.17, 15) is 33.9 Å². The normalized spacial score (nSPS) is 13.3. The van der Waals surface area contributed by atoms with Crippen molar-refractivity contribution in [3.8, 4) is 5.75 Å². The predicted molar refractivity (Wildman–Crippen MR) is 176 cm³/mol. The minimum absolute atomic E-state index is 0.0379. The molecule has 262 valence electrons. The number of hydrogen-bond acceptors (Lipinski definition) is 8. The smallest absolute Gasteiger partial charge is 0.243 e. The first-order chi connectivity index (χ1) is 22.1. The molecular formula is C31H51N9O7. The van der Waals surface area contributed by atoms with Crippen molar-refractivity contribution in [3.63, 3.8) is 0 Å². The maximum absolute atomic E-state index is 13.6. The highest BCUT2D eigenvalue weighted by Gasteiger charge is 2.31. The molecule has 12 N–H and O–H groups in total. The average Bonchev–Trinajstić information content (AvgIpc) is 2.99. The number of phenolic OH excluding ortho intramolecular Hbond substituents is 1. The number of aromatic hydroxyl groups is 1. The van der Waals surface area contributed by atoms with Gasteiger partial charge in [0.1, 0.15) is 29.9 Å². The van der Waals surface area contributed by atoms with Gasteiger partial charge in [-0.05, 0) is 49.3 Å². The van der Waals surface area contributed by atoms with Gasteiger partial charge in [-0.1, -0.05) is 45.7 Å². The van der Waals surface area contributed by atoms with E-state index in [2.05, 4.69) is 31.9 Å². The number of carbonyl (C=O) groups is 6. The molecule has 0 saturated heterocycles. The van der Waals surface area contributed by atoms with Gasteiger partial charge >= 0.3 is 0 Å². The maximum Gasteiger partial charge on any atom is 0.243 e. The van der Waals surface area contributed by atoms with Crippen molar-refractivity contribution in [2.75, 3.05) is 13.1 Å². The molecule has 1 rings (SSSR count). The third-order valence-corrected chi connectivity index (χ3v) is 6.99. The van der Waals surface area contributed by atoms with Gasteiger partial charge in [0, 0.05) is 19.9 Å². The Bertz CT molecular complexity index is 1220. The molecule has 1 aromatic rings. The molecule has 47 heavy (non-hydrogen) atoms. The molecule has 0 fully saturated rings. The van der Waals surface area contributed by atoms with Gasteiger partial charge in [-0.15, -0.1) is 0 Å². The summed E-state index contributed by atoms with van der Waals surface area (Å²) in [6.45, 7) is 6.79. The average molecular weight is 662 g/mol. The van der Waals surface area contributed by atoms with Crippen LogP contribution in [0.2, 0.25) is 0 Å². The van der Waals surface area contributed by atoms with Crippen LogP contribution in [0, 0.1) is 11.3 Å². The molecule has 0 radical (unpaired) electrons. The lowest BCUT2D eigenvalue weighted by molar-refractivity contribution is -0.134. The highest BCUT2D eigenvalue weighted by Crippen LogP contribution is 2.13. The van der Waals surface area contributed by atoms with Crippen LogP contribution in [0.3, 0.4) is 0 Å². The molecule has 0 bridgehead atoms. The highest BCUT2D eigenvalue weighted by atomic mass is 16.3. The first-order valence-electron chi connectivity index (χ1n) is 15.7. The number of guanidine groups is 1. The molecule has 4 atom stereocenters. The topological polar surface area (TPSA) is 271 Å². The van der Waals surface area contributed by atoms with E-state index in [-0.39, 0.29) is 56.4 Å². The van der Waals surface area contributed by atoms with Crippen LogP contribution in [0.4, 0.5) is 0 Å². The van der Waals surface area contributed by atoms with E-state index in [0.29, 0.717) is 18.4 Å². The van der Waals surface area contributed by atoms with Gasteiger partial charge in [0.25, 0.3) is 0 Å². The quantitative estimate of drug-likeness (QED) is 0.0439. The summed E-state index contributed by atoms with van der Waals surface area (Å²) < 4.78 is 0. The zero-order valence-corrected chi connectivity index (χ0v) is 27.6. The molecule has 0 unspecified atom stereocenters. The van der Waals surface area contributed by atoms with Crippen LogP contribution in [0.25, 0.3) is 0 Å². The fourth-order valence-electron chi connectivity index (χ4n) is 4.54. The summed E-state index contributed by atoms with van der Waals surface area (Å²) in [7, 11) is 0. The monoisotopic (exact) mass is 661 g/mol. The second-order valence-electron chi connectivity index (χ2n) is 11.7. The first kappa shape index (κ1) is 40.1. The first-order valence-corrected chi connectivity index (χ1v) is 15.7. The van der Waals surface area contributed by atoms with Crippen molar-refractivity contribution in [1.82, 2.24) is 31.9 Å². The predicted octanol–water partition coefficient (Wildman–Crippen LogP) is -1.01. The van der Waals surface area contributed by atoms with E-state index in [1.54, 1.807) is 12.1 Å². The summed E-state index contributed by atoms with van der Waals surface area (Å²) in [5.41, 5.74) is 11.6. The number of unbranched alkanes of at least 4 members (excludes halogenated alkanes) is 1. The second-order valence-corrected chi connectivity index (χ2v) is 11.7. The number of primary amides is 1. The number of phenols is 1. The van der Waals surface area contributed by atoms with Crippen LogP contribution in [-0.2, 0) is 35.2 Å².